The van der Waals surface area contributed by atoms with Crippen LogP contribution in [0.25, 0.3) is 0 Å². The summed E-state index contributed by atoms with van der Waals surface area (Å²) in [5.74, 6) is 0.251. The van der Waals surface area contributed by atoms with E-state index in [2.05, 4.69) is 23.1 Å². The van der Waals surface area contributed by atoms with Crippen molar-refractivity contribution in [2.24, 2.45) is 4.99 Å². The molecular formula is C26H30F3N3O. The number of hydrogen-bond donors (Lipinski definition) is 0. The first kappa shape index (κ1) is 23.4. The molecule has 4 nitrogen and oxygen atoms in total. The first-order valence-corrected chi connectivity index (χ1v) is 11.3. The monoisotopic (exact) mass is 457 g/mol. The number of rotatable bonds is 7. The van der Waals surface area contributed by atoms with E-state index in [1.807, 2.05) is 49.3 Å². The molecule has 0 saturated carbocycles. The van der Waals surface area contributed by atoms with Gasteiger partial charge in [0.05, 0.1) is 0 Å². The van der Waals surface area contributed by atoms with E-state index in [9.17, 15) is 13.2 Å². The molecule has 0 radical (unpaired) electrons. The predicted octanol–water partition coefficient (Wildman–Crippen LogP) is 5.80. The molecule has 0 amide bonds. The fourth-order valence-corrected chi connectivity index (χ4v) is 4.77. The minimum Gasteiger partial charge on any atom is -0.484 e. The van der Waals surface area contributed by atoms with Gasteiger partial charge in [0.25, 0.3) is 0 Å². The quantitative estimate of drug-likeness (QED) is 0.526. The highest BCUT2D eigenvalue weighted by Gasteiger charge is 2.42. The summed E-state index contributed by atoms with van der Waals surface area (Å²) in [6, 6.07) is 15.9. The summed E-state index contributed by atoms with van der Waals surface area (Å²) in [6.45, 7) is -0.447. The van der Waals surface area contributed by atoms with E-state index in [0.29, 0.717) is 12.0 Å². The van der Waals surface area contributed by atoms with Crippen LogP contribution in [0.1, 0.15) is 36.4 Å². The molecule has 2 aliphatic rings. The fourth-order valence-electron chi connectivity index (χ4n) is 4.77. The maximum Gasteiger partial charge on any atom is 0.422 e. The van der Waals surface area contributed by atoms with Gasteiger partial charge in [-0.3, -0.25) is 9.89 Å². The SMILES string of the molecule is CN(C)c1ccc(OCC(F)(F)F)c(CC2(N3CCCCC3c3ccccc3)C=CC=N2)c1. The van der Waals surface area contributed by atoms with Gasteiger partial charge in [0.1, 0.15) is 11.4 Å². The summed E-state index contributed by atoms with van der Waals surface area (Å²) in [5, 5.41) is 0. The zero-order chi connectivity index (χ0) is 23.5. The van der Waals surface area contributed by atoms with Crippen LogP contribution in [0, 0.1) is 0 Å². The van der Waals surface area contributed by atoms with E-state index in [0.717, 1.165) is 31.5 Å². The average Bonchev–Trinajstić information content (AvgIpc) is 3.27. The molecule has 176 valence electrons. The van der Waals surface area contributed by atoms with Gasteiger partial charge in [-0.15, -0.1) is 0 Å². The smallest absolute Gasteiger partial charge is 0.422 e. The Morgan fingerprint density at radius 1 is 1.12 bits per heavy atom. The number of anilines is 1. The molecule has 7 heteroatoms. The molecule has 2 aromatic rings. The first-order valence-electron chi connectivity index (χ1n) is 11.3. The Hall–Kier alpha value is -2.80. The van der Waals surface area contributed by atoms with Crippen molar-refractivity contribution < 1.29 is 17.9 Å². The lowest BCUT2D eigenvalue weighted by Crippen LogP contribution is -2.50. The largest absolute Gasteiger partial charge is 0.484 e. The molecule has 1 fully saturated rings. The maximum absolute atomic E-state index is 12.9. The number of likely N-dealkylation sites (tertiary alicyclic amines) is 1. The second-order valence-electron chi connectivity index (χ2n) is 8.90. The molecule has 0 aromatic heterocycles. The second-order valence-corrected chi connectivity index (χ2v) is 8.90. The molecule has 0 spiro atoms. The number of halogens is 3. The molecular weight excluding hydrogens is 427 g/mol. The molecule has 2 aromatic carbocycles. The zero-order valence-corrected chi connectivity index (χ0v) is 19.1. The van der Waals surface area contributed by atoms with Gasteiger partial charge < -0.3 is 9.64 Å². The summed E-state index contributed by atoms with van der Waals surface area (Å²) >= 11 is 0. The zero-order valence-electron chi connectivity index (χ0n) is 19.1. The molecule has 2 unspecified atom stereocenters. The van der Waals surface area contributed by atoms with Crippen molar-refractivity contribution in [3.8, 4) is 5.75 Å². The van der Waals surface area contributed by atoms with Crippen molar-refractivity contribution in [2.45, 2.75) is 43.6 Å². The number of ether oxygens (including phenoxy) is 1. The number of alkyl halides is 3. The van der Waals surface area contributed by atoms with Crippen LogP contribution in [0.5, 0.6) is 5.75 Å². The molecule has 0 bridgehead atoms. The number of aliphatic imine (C=N–C) groups is 1. The number of nitrogens with zero attached hydrogens (tertiary/aromatic N) is 3. The molecule has 33 heavy (non-hydrogen) atoms. The lowest BCUT2D eigenvalue weighted by molar-refractivity contribution is -0.153. The van der Waals surface area contributed by atoms with E-state index in [4.69, 9.17) is 9.73 Å². The lowest BCUT2D eigenvalue weighted by atomic mass is 9.88. The third-order valence-corrected chi connectivity index (χ3v) is 6.33. The predicted molar refractivity (Wildman–Crippen MR) is 126 cm³/mol. The summed E-state index contributed by atoms with van der Waals surface area (Å²) < 4.78 is 44.0. The van der Waals surface area contributed by atoms with E-state index < -0.39 is 18.4 Å². The minimum absolute atomic E-state index is 0.191. The normalized spacial score (nSPS) is 23.1. The highest BCUT2D eigenvalue weighted by Crippen LogP contribution is 2.42. The van der Waals surface area contributed by atoms with Crippen LogP contribution in [0.15, 0.2) is 65.7 Å². The Morgan fingerprint density at radius 3 is 2.58 bits per heavy atom. The Balaban J connectivity index is 1.70. The van der Waals surface area contributed by atoms with Crippen LogP contribution < -0.4 is 9.64 Å². The van der Waals surface area contributed by atoms with E-state index in [-0.39, 0.29) is 11.8 Å². The number of allylic oxidation sites excluding steroid dienone is 1. The van der Waals surface area contributed by atoms with Gasteiger partial charge in [0.15, 0.2) is 6.61 Å². The van der Waals surface area contributed by atoms with Gasteiger partial charge in [0, 0.05) is 50.6 Å². The third-order valence-electron chi connectivity index (χ3n) is 6.33. The van der Waals surface area contributed by atoms with E-state index in [1.54, 1.807) is 18.3 Å². The summed E-state index contributed by atoms with van der Waals surface area (Å²) in [6.07, 6.45) is 5.04. The minimum atomic E-state index is -4.40. The molecule has 2 heterocycles. The van der Waals surface area contributed by atoms with Gasteiger partial charge in [-0.05, 0) is 48.8 Å². The molecule has 2 atom stereocenters. The van der Waals surface area contributed by atoms with Crippen molar-refractivity contribution in [1.29, 1.82) is 0 Å². The summed E-state index contributed by atoms with van der Waals surface area (Å²) in [7, 11) is 3.82. The highest BCUT2D eigenvalue weighted by molar-refractivity contribution is 5.75. The second kappa shape index (κ2) is 9.59. The third kappa shape index (κ3) is 5.41. The fraction of sp³-hybridized carbons (Fsp3) is 0.423. The van der Waals surface area contributed by atoms with Crippen LogP contribution in [0.3, 0.4) is 0 Å². The summed E-state index contributed by atoms with van der Waals surface area (Å²) in [4.78, 5) is 9.22. The van der Waals surface area contributed by atoms with Crippen LogP contribution in [-0.4, -0.2) is 50.2 Å². The number of hydrogen-bond acceptors (Lipinski definition) is 4. The van der Waals surface area contributed by atoms with Gasteiger partial charge in [0.2, 0.25) is 0 Å². The molecule has 4 rings (SSSR count). The Bertz CT molecular complexity index is 990. The standard InChI is InChI=1S/C26H30F3N3O/c1-31(2)22-12-13-24(33-19-26(27,28)29)21(17-22)18-25(14-8-15-30-25)32-16-7-6-11-23(32)20-9-4-3-5-10-20/h3-5,8-10,12-15,17,23H,6-7,11,16,18-19H2,1-2H3. The molecule has 0 N–H and O–H groups in total. The van der Waals surface area contributed by atoms with Crippen LogP contribution >= 0.6 is 0 Å². The van der Waals surface area contributed by atoms with Gasteiger partial charge in [-0.2, -0.15) is 13.2 Å². The molecule has 0 aliphatic carbocycles. The number of piperidine rings is 1. The lowest BCUT2D eigenvalue weighted by Gasteiger charge is -2.46. The van der Waals surface area contributed by atoms with Crippen molar-refractivity contribution >= 4 is 11.9 Å². The topological polar surface area (TPSA) is 28.1 Å². The van der Waals surface area contributed by atoms with E-state index in [1.165, 1.54) is 5.56 Å². The summed E-state index contributed by atoms with van der Waals surface area (Å²) in [5.41, 5.74) is 2.19. The van der Waals surface area contributed by atoms with Gasteiger partial charge in [-0.25, -0.2) is 0 Å². The highest BCUT2D eigenvalue weighted by atomic mass is 19.4. The van der Waals surface area contributed by atoms with Gasteiger partial charge >= 0.3 is 6.18 Å². The Labute approximate surface area is 193 Å². The average molecular weight is 458 g/mol. The van der Waals surface area contributed by atoms with E-state index >= 15 is 0 Å². The first-order chi connectivity index (χ1) is 15.8. The molecule has 2 aliphatic heterocycles. The van der Waals surface area contributed by atoms with Crippen LogP contribution in [-0.2, 0) is 6.42 Å². The Kier molecular flexibility index (Phi) is 6.79. The van der Waals surface area contributed by atoms with Crippen LogP contribution in [0.2, 0.25) is 0 Å². The van der Waals surface area contributed by atoms with Gasteiger partial charge in [-0.1, -0.05) is 36.8 Å². The molecule has 1 saturated heterocycles. The number of benzene rings is 2. The van der Waals surface area contributed by atoms with Crippen LogP contribution in [0.4, 0.5) is 18.9 Å². The van der Waals surface area contributed by atoms with Crippen molar-refractivity contribution in [1.82, 2.24) is 4.90 Å². The van der Waals surface area contributed by atoms with Crippen molar-refractivity contribution in [3.63, 3.8) is 0 Å². The Morgan fingerprint density at radius 2 is 1.91 bits per heavy atom. The van der Waals surface area contributed by atoms with Crippen molar-refractivity contribution in [3.05, 3.63) is 71.8 Å². The maximum atomic E-state index is 12.9. The van der Waals surface area contributed by atoms with Crippen molar-refractivity contribution in [2.75, 3.05) is 32.1 Å².